The number of aryl methyl sites for hydroxylation is 1. The molecule has 18 heavy (non-hydrogen) atoms. The summed E-state index contributed by atoms with van der Waals surface area (Å²) in [6, 6.07) is 0. The molecule has 96 valence electrons. The normalized spacial score (nSPS) is 10.4. The van der Waals surface area contributed by atoms with E-state index in [1.54, 1.807) is 6.33 Å². The number of rotatable bonds is 5. The Morgan fingerprint density at radius 3 is 2.83 bits per heavy atom. The van der Waals surface area contributed by atoms with E-state index in [2.05, 4.69) is 46.7 Å². The fourth-order valence-corrected chi connectivity index (χ4v) is 2.05. The van der Waals surface area contributed by atoms with Gasteiger partial charge in [0.1, 0.15) is 28.8 Å². The maximum atomic E-state index is 4.18. The van der Waals surface area contributed by atoms with Crippen molar-refractivity contribution in [1.29, 1.82) is 0 Å². The van der Waals surface area contributed by atoms with Gasteiger partial charge in [-0.15, -0.1) is 10.2 Å². The summed E-state index contributed by atoms with van der Waals surface area (Å²) < 4.78 is 2.77. The van der Waals surface area contributed by atoms with Gasteiger partial charge >= 0.3 is 0 Å². The van der Waals surface area contributed by atoms with Crippen LogP contribution in [0.3, 0.4) is 0 Å². The first-order valence-corrected chi connectivity index (χ1v) is 6.34. The lowest BCUT2D eigenvalue weighted by molar-refractivity contribution is 0.707. The summed E-state index contributed by atoms with van der Waals surface area (Å²) >= 11 is 3.45. The second kappa shape index (κ2) is 5.76. The molecule has 0 aliphatic rings. The van der Waals surface area contributed by atoms with E-state index in [0.29, 0.717) is 6.54 Å². The van der Waals surface area contributed by atoms with Crippen LogP contribution in [-0.4, -0.2) is 31.8 Å². The number of aromatic nitrogens is 5. The third-order valence-corrected chi connectivity index (χ3v) is 3.23. The Hall–Kier alpha value is -1.70. The number of hydrogen-bond acceptors (Lipinski definition) is 6. The van der Waals surface area contributed by atoms with Gasteiger partial charge in [-0.2, -0.15) is 0 Å². The van der Waals surface area contributed by atoms with Crippen LogP contribution in [-0.2, 0) is 13.1 Å². The summed E-state index contributed by atoms with van der Waals surface area (Å²) in [6.07, 6.45) is 3.22. The van der Waals surface area contributed by atoms with Crippen LogP contribution in [0.15, 0.2) is 17.1 Å². The molecule has 0 aliphatic heterocycles. The second-order valence-corrected chi connectivity index (χ2v) is 4.31. The molecule has 0 saturated heterocycles. The quantitative estimate of drug-likeness (QED) is 0.871. The van der Waals surface area contributed by atoms with Crippen molar-refractivity contribution in [3.63, 3.8) is 0 Å². The zero-order valence-corrected chi connectivity index (χ0v) is 11.8. The SMILES string of the molecule is CCn1cnnc1CNc1ncnc(NC)c1Br. The average Bonchev–Trinajstić information content (AvgIpc) is 2.85. The van der Waals surface area contributed by atoms with Gasteiger partial charge in [-0.3, -0.25) is 0 Å². The molecule has 0 bridgehead atoms. The average molecular weight is 312 g/mol. The minimum Gasteiger partial charge on any atom is -0.372 e. The summed E-state index contributed by atoms with van der Waals surface area (Å²) in [7, 11) is 1.81. The van der Waals surface area contributed by atoms with E-state index in [0.717, 1.165) is 28.5 Å². The monoisotopic (exact) mass is 311 g/mol. The fourth-order valence-electron chi connectivity index (χ4n) is 1.51. The highest BCUT2D eigenvalue weighted by Crippen LogP contribution is 2.26. The summed E-state index contributed by atoms with van der Waals surface area (Å²) in [6.45, 7) is 3.45. The third kappa shape index (κ3) is 2.58. The summed E-state index contributed by atoms with van der Waals surface area (Å²) in [5.41, 5.74) is 0. The van der Waals surface area contributed by atoms with E-state index in [1.807, 2.05) is 18.5 Å². The molecule has 0 unspecified atom stereocenters. The van der Waals surface area contributed by atoms with Crippen LogP contribution >= 0.6 is 15.9 Å². The molecule has 0 saturated carbocycles. The molecule has 0 fully saturated rings. The fraction of sp³-hybridized carbons (Fsp3) is 0.400. The third-order valence-electron chi connectivity index (χ3n) is 2.48. The highest BCUT2D eigenvalue weighted by Gasteiger charge is 2.08. The second-order valence-electron chi connectivity index (χ2n) is 3.52. The molecule has 0 spiro atoms. The molecular formula is C10H14BrN7. The van der Waals surface area contributed by atoms with Crippen LogP contribution in [0, 0.1) is 0 Å². The van der Waals surface area contributed by atoms with Crippen LogP contribution in [0.4, 0.5) is 11.6 Å². The van der Waals surface area contributed by atoms with Gasteiger partial charge in [-0.25, -0.2) is 9.97 Å². The smallest absolute Gasteiger partial charge is 0.152 e. The van der Waals surface area contributed by atoms with E-state index in [-0.39, 0.29) is 0 Å². The van der Waals surface area contributed by atoms with Gasteiger partial charge in [0.05, 0.1) is 6.54 Å². The Morgan fingerprint density at radius 2 is 2.11 bits per heavy atom. The zero-order valence-electron chi connectivity index (χ0n) is 10.2. The lowest BCUT2D eigenvalue weighted by atomic mass is 10.5. The number of nitrogens with zero attached hydrogens (tertiary/aromatic N) is 5. The summed E-state index contributed by atoms with van der Waals surface area (Å²) in [5, 5.41) is 14.1. The Kier molecular flexibility index (Phi) is 4.08. The predicted molar refractivity (Wildman–Crippen MR) is 72.3 cm³/mol. The molecule has 0 aliphatic carbocycles. The number of halogens is 1. The van der Waals surface area contributed by atoms with Crippen LogP contribution in [0.2, 0.25) is 0 Å². The van der Waals surface area contributed by atoms with Crippen molar-refractivity contribution in [3.8, 4) is 0 Å². The molecule has 2 rings (SSSR count). The minimum absolute atomic E-state index is 0.562. The first-order valence-electron chi connectivity index (χ1n) is 5.55. The number of nitrogens with one attached hydrogen (secondary N) is 2. The standard InChI is InChI=1S/C10H14BrN7/c1-3-18-6-16-17-7(18)4-13-10-8(11)9(12-2)14-5-15-10/h5-6H,3-4H2,1-2H3,(H2,12,13,14,15). The van der Waals surface area contributed by atoms with Gasteiger partial charge < -0.3 is 15.2 Å². The van der Waals surface area contributed by atoms with E-state index in [4.69, 9.17) is 0 Å². The van der Waals surface area contributed by atoms with Gasteiger partial charge in [0.25, 0.3) is 0 Å². The van der Waals surface area contributed by atoms with Crippen LogP contribution in [0.5, 0.6) is 0 Å². The number of anilines is 2. The molecule has 7 nitrogen and oxygen atoms in total. The van der Waals surface area contributed by atoms with E-state index in [1.165, 1.54) is 6.33 Å². The van der Waals surface area contributed by atoms with Gasteiger partial charge in [0.2, 0.25) is 0 Å². The van der Waals surface area contributed by atoms with E-state index < -0.39 is 0 Å². The predicted octanol–water partition coefficient (Wildman–Crippen LogP) is 1.50. The van der Waals surface area contributed by atoms with Crippen LogP contribution in [0.25, 0.3) is 0 Å². The lowest BCUT2D eigenvalue weighted by Gasteiger charge is -2.09. The van der Waals surface area contributed by atoms with Gasteiger partial charge in [-0.05, 0) is 22.9 Å². The van der Waals surface area contributed by atoms with Crippen molar-refractivity contribution in [2.24, 2.45) is 0 Å². The molecule has 0 aromatic carbocycles. The Morgan fingerprint density at radius 1 is 1.33 bits per heavy atom. The van der Waals surface area contributed by atoms with E-state index >= 15 is 0 Å². The molecule has 8 heteroatoms. The summed E-state index contributed by atoms with van der Waals surface area (Å²) in [5.74, 6) is 2.33. The summed E-state index contributed by atoms with van der Waals surface area (Å²) in [4.78, 5) is 8.27. The zero-order chi connectivity index (χ0) is 13.0. The Balaban J connectivity index is 2.11. The highest BCUT2D eigenvalue weighted by atomic mass is 79.9. The van der Waals surface area contributed by atoms with Crippen molar-refractivity contribution >= 4 is 27.6 Å². The van der Waals surface area contributed by atoms with Crippen molar-refractivity contribution in [2.75, 3.05) is 17.7 Å². The minimum atomic E-state index is 0.562. The van der Waals surface area contributed by atoms with Gasteiger partial charge in [0.15, 0.2) is 5.82 Å². The highest BCUT2D eigenvalue weighted by molar-refractivity contribution is 9.10. The molecule has 0 radical (unpaired) electrons. The molecule has 2 aromatic rings. The van der Waals surface area contributed by atoms with Crippen LogP contribution < -0.4 is 10.6 Å². The van der Waals surface area contributed by atoms with E-state index in [9.17, 15) is 0 Å². The Labute approximate surface area is 113 Å². The van der Waals surface area contributed by atoms with Crippen molar-refractivity contribution < 1.29 is 0 Å². The first kappa shape index (κ1) is 12.7. The topological polar surface area (TPSA) is 80.6 Å². The van der Waals surface area contributed by atoms with Gasteiger partial charge in [-0.1, -0.05) is 0 Å². The Bertz CT molecular complexity index is 525. The van der Waals surface area contributed by atoms with Crippen molar-refractivity contribution in [2.45, 2.75) is 20.0 Å². The van der Waals surface area contributed by atoms with Crippen LogP contribution in [0.1, 0.15) is 12.7 Å². The van der Waals surface area contributed by atoms with Crippen molar-refractivity contribution in [3.05, 3.63) is 23.0 Å². The number of hydrogen-bond donors (Lipinski definition) is 2. The first-order chi connectivity index (χ1) is 8.76. The maximum absolute atomic E-state index is 4.18. The molecule has 2 N–H and O–H groups in total. The molecule has 0 amide bonds. The lowest BCUT2D eigenvalue weighted by Crippen LogP contribution is -2.09. The maximum Gasteiger partial charge on any atom is 0.152 e. The largest absolute Gasteiger partial charge is 0.372 e. The molecule has 0 atom stereocenters. The molecular weight excluding hydrogens is 298 g/mol. The molecule has 2 aromatic heterocycles. The molecule has 2 heterocycles. The van der Waals surface area contributed by atoms with Gasteiger partial charge in [0, 0.05) is 13.6 Å². The van der Waals surface area contributed by atoms with Crippen molar-refractivity contribution in [1.82, 2.24) is 24.7 Å².